The molecule has 3 nitrogen and oxygen atoms in total. The van der Waals surface area contributed by atoms with Gasteiger partial charge in [0, 0.05) is 28.4 Å². The highest BCUT2D eigenvalue weighted by atomic mass is 79.9. The lowest BCUT2D eigenvalue weighted by molar-refractivity contribution is -0.135. The maximum absolute atomic E-state index is 12.5. The molecule has 0 aromatic heterocycles. The molecule has 154 valence electrons. The van der Waals surface area contributed by atoms with Crippen molar-refractivity contribution in [1.29, 1.82) is 0 Å². The third kappa shape index (κ3) is 9.39. The summed E-state index contributed by atoms with van der Waals surface area (Å²) in [6.07, 6.45) is -0.482. The maximum atomic E-state index is 12.5. The van der Waals surface area contributed by atoms with Crippen LogP contribution in [0.15, 0.2) is 26.0 Å². The normalized spacial score (nSPS) is 15.8. The predicted molar refractivity (Wildman–Crippen MR) is 111 cm³/mol. The van der Waals surface area contributed by atoms with E-state index in [1.807, 2.05) is 12.1 Å². The molecule has 0 heterocycles. The number of hydrogen-bond acceptors (Lipinski definition) is 4. The molecule has 9 heteroatoms. The molecule has 1 fully saturated rings. The van der Waals surface area contributed by atoms with Crippen molar-refractivity contribution < 1.29 is 17.9 Å². The van der Waals surface area contributed by atoms with Crippen molar-refractivity contribution in [2.24, 2.45) is 5.92 Å². The zero-order valence-corrected chi connectivity index (χ0v) is 19.2. The Hall–Kier alpha value is 0.0400. The number of hydrogen-bond donors (Lipinski definition) is 2. The first-order chi connectivity index (χ1) is 12.8. The van der Waals surface area contributed by atoms with Crippen molar-refractivity contribution >= 4 is 43.8 Å². The van der Waals surface area contributed by atoms with Crippen LogP contribution in [-0.4, -0.2) is 32.4 Å². The Labute approximate surface area is 180 Å². The number of halogens is 5. The summed E-state index contributed by atoms with van der Waals surface area (Å²) < 4.78 is 47.8. The van der Waals surface area contributed by atoms with E-state index in [0.717, 1.165) is 32.7 Å². The van der Waals surface area contributed by atoms with Crippen molar-refractivity contribution in [2.75, 3.05) is 20.2 Å². The topological polar surface area (TPSA) is 33.3 Å². The molecule has 1 saturated carbocycles. The molecule has 1 atom stereocenters. The summed E-state index contributed by atoms with van der Waals surface area (Å²) in [5.41, 5.74) is 0. The van der Waals surface area contributed by atoms with Crippen molar-refractivity contribution in [1.82, 2.24) is 10.0 Å². The van der Waals surface area contributed by atoms with Gasteiger partial charge < -0.3 is 10.1 Å². The summed E-state index contributed by atoms with van der Waals surface area (Å²) in [6.45, 7) is 1.57. The van der Waals surface area contributed by atoms with Gasteiger partial charge in [0.1, 0.15) is 5.75 Å². The van der Waals surface area contributed by atoms with Crippen LogP contribution in [0.3, 0.4) is 0 Å². The van der Waals surface area contributed by atoms with Crippen molar-refractivity contribution in [3.8, 4) is 5.75 Å². The minimum atomic E-state index is -4.10. The molecule has 1 unspecified atom stereocenters. The standard InChI is InChI=1S/C18H25Br2F3N2OS/c1-26-16-10-17(15(20)9-14(16)19)27-25-13(3-2-7-18(21,22)23)11-24-8-6-12-4-5-12/h9-10,12-13,24-25H,2-8,11H2,1H3. The van der Waals surface area contributed by atoms with Crippen molar-refractivity contribution in [3.05, 3.63) is 21.1 Å². The summed E-state index contributed by atoms with van der Waals surface area (Å²) in [5.74, 6) is 1.55. The third-order valence-corrected chi connectivity index (χ3v) is 6.92. The number of nitrogens with one attached hydrogen (secondary N) is 2. The van der Waals surface area contributed by atoms with Gasteiger partial charge in [-0.1, -0.05) is 12.8 Å². The van der Waals surface area contributed by atoms with Crippen LogP contribution in [0.25, 0.3) is 0 Å². The highest BCUT2D eigenvalue weighted by molar-refractivity contribution is 9.11. The van der Waals surface area contributed by atoms with E-state index in [-0.39, 0.29) is 12.5 Å². The Morgan fingerprint density at radius 1 is 1.26 bits per heavy atom. The molecule has 1 aliphatic carbocycles. The summed E-state index contributed by atoms with van der Waals surface area (Å²) in [6, 6.07) is 3.74. The zero-order valence-electron chi connectivity index (χ0n) is 15.2. The molecule has 1 aromatic carbocycles. The van der Waals surface area contributed by atoms with E-state index in [1.165, 1.54) is 24.8 Å². The second kappa shape index (κ2) is 11.3. The van der Waals surface area contributed by atoms with E-state index in [1.54, 1.807) is 7.11 Å². The molecule has 0 aliphatic heterocycles. The van der Waals surface area contributed by atoms with Gasteiger partial charge in [-0.3, -0.25) is 4.72 Å². The first-order valence-corrected chi connectivity index (χ1v) is 11.4. The zero-order chi connectivity index (χ0) is 19.9. The van der Waals surface area contributed by atoms with Crippen LogP contribution in [-0.2, 0) is 0 Å². The largest absolute Gasteiger partial charge is 0.496 e. The minimum absolute atomic E-state index is 0.0434. The summed E-state index contributed by atoms with van der Waals surface area (Å²) in [4.78, 5) is 0.925. The van der Waals surface area contributed by atoms with Crippen LogP contribution >= 0.6 is 43.8 Å². The van der Waals surface area contributed by atoms with Crippen LogP contribution in [0.4, 0.5) is 13.2 Å². The average molecular weight is 534 g/mol. The summed E-state index contributed by atoms with van der Waals surface area (Å²) in [7, 11) is 1.60. The molecule has 0 amide bonds. The molecule has 0 saturated heterocycles. The van der Waals surface area contributed by atoms with E-state index < -0.39 is 12.6 Å². The first-order valence-electron chi connectivity index (χ1n) is 9.01. The molecule has 1 aromatic rings. The van der Waals surface area contributed by atoms with Gasteiger partial charge in [0.2, 0.25) is 0 Å². The average Bonchev–Trinajstić information content (AvgIpc) is 3.40. The highest BCUT2D eigenvalue weighted by Gasteiger charge is 2.27. The van der Waals surface area contributed by atoms with E-state index in [9.17, 15) is 13.2 Å². The monoisotopic (exact) mass is 532 g/mol. The number of rotatable bonds is 12. The van der Waals surface area contributed by atoms with Crippen molar-refractivity contribution in [2.45, 2.75) is 55.6 Å². The van der Waals surface area contributed by atoms with Crippen LogP contribution in [0, 0.1) is 5.92 Å². The van der Waals surface area contributed by atoms with E-state index in [4.69, 9.17) is 4.74 Å². The molecule has 27 heavy (non-hydrogen) atoms. The summed E-state index contributed by atoms with van der Waals surface area (Å²) in [5, 5.41) is 3.39. The quantitative estimate of drug-likeness (QED) is 0.244. The summed E-state index contributed by atoms with van der Waals surface area (Å²) >= 11 is 8.36. The molecule has 2 N–H and O–H groups in total. The lowest BCUT2D eigenvalue weighted by Gasteiger charge is -2.20. The maximum Gasteiger partial charge on any atom is 0.389 e. The molecule has 0 radical (unpaired) electrons. The van der Waals surface area contributed by atoms with Gasteiger partial charge in [0.05, 0.1) is 11.6 Å². The van der Waals surface area contributed by atoms with Crippen molar-refractivity contribution in [3.63, 3.8) is 0 Å². The van der Waals surface area contributed by atoms with E-state index in [2.05, 4.69) is 41.9 Å². The molecule has 0 bridgehead atoms. The fraction of sp³-hybridized carbons (Fsp3) is 0.667. The second-order valence-electron chi connectivity index (χ2n) is 6.78. The van der Waals surface area contributed by atoms with E-state index >= 15 is 0 Å². The van der Waals surface area contributed by atoms with Gasteiger partial charge in [-0.15, -0.1) is 0 Å². The van der Waals surface area contributed by atoms with Gasteiger partial charge in [0.15, 0.2) is 0 Å². The second-order valence-corrected chi connectivity index (χ2v) is 9.37. The van der Waals surface area contributed by atoms with Crippen LogP contribution < -0.4 is 14.8 Å². The number of methoxy groups -OCH3 is 1. The van der Waals surface area contributed by atoms with Crippen LogP contribution in [0.2, 0.25) is 0 Å². The van der Waals surface area contributed by atoms with Gasteiger partial charge in [-0.05, 0) is 87.7 Å². The number of ether oxygens (including phenoxy) is 1. The Morgan fingerprint density at radius 3 is 2.63 bits per heavy atom. The predicted octanol–water partition coefficient (Wildman–Crippen LogP) is 6.31. The Morgan fingerprint density at radius 2 is 2.00 bits per heavy atom. The SMILES string of the molecule is COc1cc(SNC(CCCC(F)(F)F)CNCCC2CC2)c(Br)cc1Br. The van der Waals surface area contributed by atoms with Gasteiger partial charge in [-0.25, -0.2) is 0 Å². The number of alkyl halides is 3. The van der Waals surface area contributed by atoms with E-state index in [0.29, 0.717) is 18.7 Å². The Kier molecular flexibility index (Phi) is 9.75. The molecular weight excluding hydrogens is 509 g/mol. The van der Waals surface area contributed by atoms with Crippen LogP contribution in [0.5, 0.6) is 5.75 Å². The Bertz CT molecular complexity index is 601. The van der Waals surface area contributed by atoms with Gasteiger partial charge in [0.25, 0.3) is 0 Å². The number of benzene rings is 1. The third-order valence-electron chi connectivity index (χ3n) is 4.37. The van der Waals surface area contributed by atoms with Crippen LogP contribution in [0.1, 0.15) is 38.5 Å². The first kappa shape index (κ1) is 23.3. The molecular formula is C18H25Br2F3N2OS. The highest BCUT2D eigenvalue weighted by Crippen LogP contribution is 2.36. The van der Waals surface area contributed by atoms with Gasteiger partial charge in [-0.2, -0.15) is 13.2 Å². The Balaban J connectivity index is 1.86. The smallest absolute Gasteiger partial charge is 0.389 e. The molecule has 1 aliphatic rings. The molecule has 2 rings (SSSR count). The molecule has 0 spiro atoms. The van der Waals surface area contributed by atoms with Gasteiger partial charge >= 0.3 is 6.18 Å². The lowest BCUT2D eigenvalue weighted by atomic mass is 10.1. The fourth-order valence-corrected chi connectivity index (χ4v) is 4.85. The lowest BCUT2D eigenvalue weighted by Crippen LogP contribution is -2.36. The fourth-order valence-electron chi connectivity index (χ4n) is 2.63. The minimum Gasteiger partial charge on any atom is -0.496 e.